The highest BCUT2D eigenvalue weighted by Crippen LogP contribution is 2.42. The monoisotopic (exact) mass is 277 g/mol. The number of carboxylic acid groups (broad SMARTS) is 1. The topological polar surface area (TPSA) is 75.4 Å². The fourth-order valence-electron chi connectivity index (χ4n) is 3.57. The zero-order chi connectivity index (χ0) is 14.3. The summed E-state index contributed by atoms with van der Waals surface area (Å²) >= 11 is 0. The van der Waals surface area contributed by atoms with Gasteiger partial charge in [0.25, 0.3) is 0 Å². The molecular formula is C14H19N3O3. The van der Waals surface area contributed by atoms with Crippen LogP contribution in [0.4, 0.5) is 0 Å². The lowest BCUT2D eigenvalue weighted by atomic mass is 9.89. The Kier molecular flexibility index (Phi) is 3.23. The van der Waals surface area contributed by atoms with E-state index < -0.39 is 5.97 Å². The second-order valence-corrected chi connectivity index (χ2v) is 5.81. The van der Waals surface area contributed by atoms with Crippen molar-refractivity contribution in [2.45, 2.75) is 51.2 Å². The number of rotatable bonds is 4. The molecule has 0 aromatic carbocycles. The predicted molar refractivity (Wildman–Crippen MR) is 71.0 cm³/mol. The standard InChI is InChI=1S/C14H19N3O3/c1-9-7-15-16(8-9)5-4-13(18)17-10-2-3-12(17)11(6-10)14(19)20/h7-8,10-12H,2-6H2,1H3,(H,19,20). The first-order valence-electron chi connectivity index (χ1n) is 7.09. The Bertz CT molecular complexity index is 540. The SMILES string of the molecule is Cc1cnn(CCC(=O)N2C3CCC2C(C(=O)O)C3)c1. The Morgan fingerprint density at radius 3 is 2.85 bits per heavy atom. The van der Waals surface area contributed by atoms with Gasteiger partial charge in [0.15, 0.2) is 0 Å². The van der Waals surface area contributed by atoms with Gasteiger partial charge >= 0.3 is 5.97 Å². The van der Waals surface area contributed by atoms with Gasteiger partial charge in [-0.3, -0.25) is 14.3 Å². The molecule has 2 bridgehead atoms. The maximum absolute atomic E-state index is 12.3. The number of hydrogen-bond acceptors (Lipinski definition) is 3. The highest BCUT2D eigenvalue weighted by molar-refractivity contribution is 5.80. The summed E-state index contributed by atoms with van der Waals surface area (Å²) in [5.74, 6) is -1.07. The van der Waals surface area contributed by atoms with Gasteiger partial charge in [0.05, 0.1) is 12.1 Å². The first-order chi connectivity index (χ1) is 9.56. The quantitative estimate of drug-likeness (QED) is 0.892. The first-order valence-corrected chi connectivity index (χ1v) is 7.09. The van der Waals surface area contributed by atoms with Crippen LogP contribution in [0.3, 0.4) is 0 Å². The predicted octanol–water partition coefficient (Wildman–Crippen LogP) is 1.05. The molecule has 0 radical (unpaired) electrons. The lowest BCUT2D eigenvalue weighted by Crippen LogP contribution is -2.38. The van der Waals surface area contributed by atoms with Crippen LogP contribution >= 0.6 is 0 Å². The first kappa shape index (κ1) is 13.1. The molecule has 3 heterocycles. The lowest BCUT2D eigenvalue weighted by Gasteiger charge is -2.23. The Morgan fingerprint density at radius 1 is 1.45 bits per heavy atom. The molecule has 3 unspecified atom stereocenters. The molecule has 1 aromatic rings. The van der Waals surface area contributed by atoms with Gasteiger partial charge in [-0.2, -0.15) is 5.10 Å². The minimum Gasteiger partial charge on any atom is -0.481 e. The van der Waals surface area contributed by atoms with Crippen LogP contribution in [0.1, 0.15) is 31.2 Å². The van der Waals surface area contributed by atoms with E-state index in [2.05, 4.69) is 5.10 Å². The van der Waals surface area contributed by atoms with Crippen LogP contribution < -0.4 is 0 Å². The number of aliphatic carboxylic acids is 1. The van der Waals surface area contributed by atoms with Gasteiger partial charge in [0, 0.05) is 31.2 Å². The molecule has 1 amide bonds. The van der Waals surface area contributed by atoms with Crippen LogP contribution in [0.5, 0.6) is 0 Å². The molecule has 2 fully saturated rings. The van der Waals surface area contributed by atoms with E-state index in [1.165, 1.54) is 0 Å². The van der Waals surface area contributed by atoms with E-state index >= 15 is 0 Å². The number of carboxylic acids is 1. The third kappa shape index (κ3) is 2.19. The van der Waals surface area contributed by atoms with Crippen molar-refractivity contribution in [1.29, 1.82) is 0 Å². The number of nitrogens with zero attached hydrogens (tertiary/aromatic N) is 3. The van der Waals surface area contributed by atoms with E-state index in [4.69, 9.17) is 0 Å². The van der Waals surface area contributed by atoms with Crippen LogP contribution in [-0.2, 0) is 16.1 Å². The second kappa shape index (κ2) is 4.92. The molecule has 1 N–H and O–H groups in total. The van der Waals surface area contributed by atoms with E-state index in [0.717, 1.165) is 18.4 Å². The summed E-state index contributed by atoms with van der Waals surface area (Å²) in [4.78, 5) is 25.4. The van der Waals surface area contributed by atoms with Crippen molar-refractivity contribution in [2.75, 3.05) is 0 Å². The fourth-order valence-corrected chi connectivity index (χ4v) is 3.57. The Hall–Kier alpha value is -1.85. The summed E-state index contributed by atoms with van der Waals surface area (Å²) < 4.78 is 1.76. The van der Waals surface area contributed by atoms with Gasteiger partial charge in [-0.15, -0.1) is 0 Å². The van der Waals surface area contributed by atoms with Gasteiger partial charge in [-0.05, 0) is 31.7 Å². The van der Waals surface area contributed by atoms with Gasteiger partial charge < -0.3 is 10.0 Å². The van der Waals surface area contributed by atoms with Crippen LogP contribution in [0.25, 0.3) is 0 Å². The Labute approximate surface area is 117 Å². The van der Waals surface area contributed by atoms with Crippen molar-refractivity contribution in [3.05, 3.63) is 18.0 Å². The zero-order valence-electron chi connectivity index (χ0n) is 11.5. The zero-order valence-corrected chi connectivity index (χ0v) is 11.5. The number of carbonyl (C=O) groups excluding carboxylic acids is 1. The molecule has 0 aliphatic carbocycles. The van der Waals surface area contributed by atoms with E-state index in [0.29, 0.717) is 19.4 Å². The fraction of sp³-hybridized carbons (Fsp3) is 0.643. The van der Waals surface area contributed by atoms with Crippen LogP contribution in [0, 0.1) is 12.8 Å². The summed E-state index contributed by atoms with van der Waals surface area (Å²) in [5, 5.41) is 13.4. The maximum Gasteiger partial charge on any atom is 0.308 e. The van der Waals surface area contributed by atoms with Crippen LogP contribution in [-0.4, -0.2) is 43.7 Å². The summed E-state index contributed by atoms with van der Waals surface area (Å²) in [5.41, 5.74) is 1.07. The summed E-state index contributed by atoms with van der Waals surface area (Å²) in [7, 11) is 0. The molecule has 3 rings (SSSR count). The number of amides is 1. The van der Waals surface area contributed by atoms with Gasteiger partial charge in [-0.1, -0.05) is 0 Å². The van der Waals surface area contributed by atoms with E-state index in [1.807, 2.05) is 18.0 Å². The Morgan fingerprint density at radius 2 is 2.25 bits per heavy atom. The average molecular weight is 277 g/mol. The smallest absolute Gasteiger partial charge is 0.308 e. The number of hydrogen-bond donors (Lipinski definition) is 1. The molecule has 2 saturated heterocycles. The van der Waals surface area contributed by atoms with Gasteiger partial charge in [0.2, 0.25) is 5.91 Å². The molecule has 0 saturated carbocycles. The van der Waals surface area contributed by atoms with Crippen molar-refractivity contribution in [1.82, 2.24) is 14.7 Å². The Balaban J connectivity index is 1.62. The summed E-state index contributed by atoms with van der Waals surface area (Å²) in [6, 6.07) is 0.0392. The number of aromatic nitrogens is 2. The van der Waals surface area contributed by atoms with E-state index in [-0.39, 0.29) is 23.9 Å². The second-order valence-electron chi connectivity index (χ2n) is 5.81. The van der Waals surface area contributed by atoms with Crippen LogP contribution in [0.2, 0.25) is 0 Å². The van der Waals surface area contributed by atoms with Crippen LogP contribution in [0.15, 0.2) is 12.4 Å². The minimum absolute atomic E-state index is 0.0643. The van der Waals surface area contributed by atoms with Crippen molar-refractivity contribution in [2.24, 2.45) is 5.92 Å². The number of aryl methyl sites for hydroxylation is 2. The number of fused-ring (bicyclic) bond motifs is 2. The van der Waals surface area contributed by atoms with E-state index in [9.17, 15) is 14.7 Å². The van der Waals surface area contributed by atoms with Crippen molar-refractivity contribution in [3.8, 4) is 0 Å². The molecule has 0 spiro atoms. The summed E-state index contributed by atoms with van der Waals surface area (Å²) in [6.07, 6.45) is 6.46. The molecule has 1 aromatic heterocycles. The molecular weight excluding hydrogens is 258 g/mol. The highest BCUT2D eigenvalue weighted by atomic mass is 16.4. The van der Waals surface area contributed by atoms with Crippen molar-refractivity contribution in [3.63, 3.8) is 0 Å². The minimum atomic E-state index is -0.766. The van der Waals surface area contributed by atoms with Gasteiger partial charge in [-0.25, -0.2) is 0 Å². The van der Waals surface area contributed by atoms with Crippen molar-refractivity contribution < 1.29 is 14.7 Å². The van der Waals surface area contributed by atoms with Crippen molar-refractivity contribution >= 4 is 11.9 Å². The van der Waals surface area contributed by atoms with Gasteiger partial charge in [0.1, 0.15) is 0 Å². The maximum atomic E-state index is 12.3. The normalized spacial score (nSPS) is 28.1. The lowest BCUT2D eigenvalue weighted by molar-refractivity contribution is -0.143. The average Bonchev–Trinajstić information content (AvgIpc) is 3.09. The third-order valence-electron chi connectivity index (χ3n) is 4.46. The molecule has 2 aliphatic rings. The third-order valence-corrected chi connectivity index (χ3v) is 4.46. The molecule has 20 heavy (non-hydrogen) atoms. The van der Waals surface area contributed by atoms with E-state index in [1.54, 1.807) is 10.9 Å². The summed E-state index contributed by atoms with van der Waals surface area (Å²) in [6.45, 7) is 2.52. The molecule has 2 aliphatic heterocycles. The molecule has 6 nitrogen and oxygen atoms in total. The largest absolute Gasteiger partial charge is 0.481 e. The highest BCUT2D eigenvalue weighted by Gasteiger charge is 2.50. The molecule has 6 heteroatoms. The molecule has 108 valence electrons. The molecule has 3 atom stereocenters. The number of carbonyl (C=O) groups is 2.